The van der Waals surface area contributed by atoms with Gasteiger partial charge in [-0.2, -0.15) is 0 Å². The molecule has 0 saturated heterocycles. The smallest absolute Gasteiger partial charge is 0.341 e. The van der Waals surface area contributed by atoms with E-state index in [0.29, 0.717) is 41.9 Å². The van der Waals surface area contributed by atoms with Crippen LogP contribution in [-0.4, -0.2) is 36.8 Å². The second kappa shape index (κ2) is 13.4. The SMILES string of the molecule is CCOC(=O)c1c(N=Cc2ccc(OCc3ccccc3)c(OCC)c2)sc2c1CCN(Cc1ccccc1)C2. The first kappa shape index (κ1) is 27.6. The molecule has 0 saturated carbocycles. The fourth-order valence-electron chi connectivity index (χ4n) is 4.78. The third-order valence-electron chi connectivity index (χ3n) is 6.68. The number of thiophene rings is 1. The highest BCUT2D eigenvalue weighted by Gasteiger charge is 2.28. The van der Waals surface area contributed by atoms with E-state index in [1.54, 1.807) is 17.6 Å². The molecule has 0 unspecified atom stereocenters. The van der Waals surface area contributed by atoms with Crippen molar-refractivity contribution in [2.45, 2.75) is 40.0 Å². The lowest BCUT2D eigenvalue weighted by atomic mass is 10.0. The number of esters is 1. The summed E-state index contributed by atoms with van der Waals surface area (Å²) in [5.41, 5.74) is 4.91. The van der Waals surface area contributed by atoms with Crippen LogP contribution < -0.4 is 9.47 Å². The van der Waals surface area contributed by atoms with E-state index in [9.17, 15) is 4.79 Å². The van der Waals surface area contributed by atoms with Crippen LogP contribution in [0.5, 0.6) is 11.5 Å². The molecule has 4 aromatic rings. The molecule has 7 heteroatoms. The Labute approximate surface area is 239 Å². The summed E-state index contributed by atoms with van der Waals surface area (Å²) in [6.07, 6.45) is 2.58. The van der Waals surface area contributed by atoms with Crippen molar-refractivity contribution in [3.05, 3.63) is 112 Å². The molecule has 0 spiro atoms. The average Bonchev–Trinajstić information content (AvgIpc) is 3.35. The maximum atomic E-state index is 13.0. The van der Waals surface area contributed by atoms with Gasteiger partial charge in [-0.15, -0.1) is 11.3 Å². The minimum Gasteiger partial charge on any atom is -0.490 e. The molecule has 206 valence electrons. The Bertz CT molecular complexity index is 1450. The Morgan fingerprint density at radius 1 is 0.925 bits per heavy atom. The fraction of sp³-hybridized carbons (Fsp3) is 0.273. The largest absolute Gasteiger partial charge is 0.490 e. The lowest BCUT2D eigenvalue weighted by molar-refractivity contribution is 0.0526. The molecule has 6 nitrogen and oxygen atoms in total. The van der Waals surface area contributed by atoms with Crippen molar-refractivity contribution in [1.29, 1.82) is 0 Å². The summed E-state index contributed by atoms with van der Waals surface area (Å²) in [6, 6.07) is 26.3. The van der Waals surface area contributed by atoms with Gasteiger partial charge in [-0.05, 0) is 60.7 Å². The van der Waals surface area contributed by atoms with Crippen molar-refractivity contribution < 1.29 is 19.0 Å². The minimum absolute atomic E-state index is 0.302. The molecule has 0 N–H and O–H groups in total. The van der Waals surface area contributed by atoms with Crippen molar-refractivity contribution in [1.82, 2.24) is 4.90 Å². The molecular weight excluding hydrogens is 520 g/mol. The number of carbonyl (C=O) groups is 1. The van der Waals surface area contributed by atoms with E-state index in [1.807, 2.05) is 68.4 Å². The first-order chi connectivity index (χ1) is 19.6. The Balaban J connectivity index is 1.37. The standard InChI is InChI=1S/C33H34N2O4S/c1-3-37-29-19-26(15-16-28(29)39-23-25-13-9-6-10-14-25)20-34-32-31(33(36)38-4-2)27-17-18-35(22-30(27)40-32)21-24-11-7-5-8-12-24/h5-16,19-20H,3-4,17-18,21-23H2,1-2H3. The minimum atomic E-state index is -0.302. The summed E-state index contributed by atoms with van der Waals surface area (Å²) in [5.74, 6) is 1.04. The topological polar surface area (TPSA) is 60.4 Å². The van der Waals surface area contributed by atoms with Crippen molar-refractivity contribution in [2.75, 3.05) is 19.8 Å². The zero-order valence-corrected chi connectivity index (χ0v) is 23.8. The van der Waals surface area contributed by atoms with Crippen LogP contribution in [0.3, 0.4) is 0 Å². The number of ether oxygens (including phenoxy) is 3. The van der Waals surface area contributed by atoms with E-state index >= 15 is 0 Å². The van der Waals surface area contributed by atoms with Gasteiger partial charge < -0.3 is 14.2 Å². The second-order valence-corrected chi connectivity index (χ2v) is 10.6. The number of hydrogen-bond donors (Lipinski definition) is 0. The zero-order chi connectivity index (χ0) is 27.7. The van der Waals surface area contributed by atoms with Crippen molar-refractivity contribution in [3.8, 4) is 11.5 Å². The number of hydrogen-bond acceptors (Lipinski definition) is 7. The Morgan fingerprint density at radius 2 is 1.68 bits per heavy atom. The van der Waals surface area contributed by atoms with Crippen LogP contribution >= 0.6 is 11.3 Å². The van der Waals surface area contributed by atoms with Crippen LogP contribution in [0.1, 0.15) is 51.3 Å². The summed E-state index contributed by atoms with van der Waals surface area (Å²) < 4.78 is 17.4. The van der Waals surface area contributed by atoms with Crippen LogP contribution in [-0.2, 0) is 30.9 Å². The average molecular weight is 555 g/mol. The highest BCUT2D eigenvalue weighted by molar-refractivity contribution is 7.16. The molecule has 0 aliphatic carbocycles. The van der Waals surface area contributed by atoms with Crippen LogP contribution in [0.25, 0.3) is 0 Å². The van der Waals surface area contributed by atoms with Gasteiger partial charge >= 0.3 is 5.97 Å². The van der Waals surface area contributed by atoms with Gasteiger partial charge in [0, 0.05) is 30.7 Å². The van der Waals surface area contributed by atoms with Crippen LogP contribution in [0.4, 0.5) is 5.00 Å². The quantitative estimate of drug-likeness (QED) is 0.145. The van der Waals surface area contributed by atoms with Gasteiger partial charge in [0.2, 0.25) is 0 Å². The van der Waals surface area contributed by atoms with Gasteiger partial charge in [-0.3, -0.25) is 4.90 Å². The Hall–Kier alpha value is -3.94. The first-order valence-electron chi connectivity index (χ1n) is 13.7. The highest BCUT2D eigenvalue weighted by atomic mass is 32.1. The van der Waals surface area contributed by atoms with Crippen LogP contribution in [0.15, 0.2) is 83.9 Å². The van der Waals surface area contributed by atoms with Crippen LogP contribution in [0.2, 0.25) is 0 Å². The predicted octanol–water partition coefficient (Wildman–Crippen LogP) is 7.21. The lowest BCUT2D eigenvalue weighted by Gasteiger charge is -2.27. The molecule has 1 aliphatic rings. The molecule has 40 heavy (non-hydrogen) atoms. The molecule has 5 rings (SSSR count). The monoisotopic (exact) mass is 554 g/mol. The van der Waals surface area contributed by atoms with E-state index in [-0.39, 0.29) is 5.97 Å². The number of carbonyl (C=O) groups excluding carboxylic acids is 1. The molecule has 0 atom stereocenters. The van der Waals surface area contributed by atoms with E-state index in [2.05, 4.69) is 29.2 Å². The van der Waals surface area contributed by atoms with Crippen LogP contribution in [0, 0.1) is 0 Å². The van der Waals surface area contributed by atoms with Gasteiger partial charge in [0.1, 0.15) is 11.6 Å². The third-order valence-corrected chi connectivity index (χ3v) is 7.81. The molecule has 0 bridgehead atoms. The van der Waals surface area contributed by atoms with Gasteiger partial charge in [0.15, 0.2) is 11.5 Å². The maximum absolute atomic E-state index is 13.0. The van der Waals surface area contributed by atoms with E-state index < -0.39 is 0 Å². The summed E-state index contributed by atoms with van der Waals surface area (Å²) >= 11 is 1.58. The summed E-state index contributed by atoms with van der Waals surface area (Å²) in [5, 5.41) is 0.687. The number of aliphatic imine (C=N–C) groups is 1. The number of benzene rings is 3. The summed E-state index contributed by atoms with van der Waals surface area (Å²) in [4.78, 5) is 21.4. The second-order valence-electron chi connectivity index (χ2n) is 9.52. The summed E-state index contributed by atoms with van der Waals surface area (Å²) in [6.45, 7) is 7.64. The van der Waals surface area contributed by atoms with E-state index in [1.165, 1.54) is 10.4 Å². The number of nitrogens with zero attached hydrogens (tertiary/aromatic N) is 2. The maximum Gasteiger partial charge on any atom is 0.341 e. The van der Waals surface area contributed by atoms with E-state index in [4.69, 9.17) is 19.2 Å². The van der Waals surface area contributed by atoms with Gasteiger partial charge in [0.25, 0.3) is 0 Å². The van der Waals surface area contributed by atoms with Crippen molar-refractivity contribution in [3.63, 3.8) is 0 Å². The molecule has 0 amide bonds. The third kappa shape index (κ3) is 6.79. The van der Waals surface area contributed by atoms with E-state index in [0.717, 1.165) is 42.7 Å². The molecular formula is C33H34N2O4S. The number of fused-ring (bicyclic) bond motifs is 1. The molecule has 0 fully saturated rings. The van der Waals surface area contributed by atoms with Gasteiger partial charge in [-0.1, -0.05) is 60.7 Å². The predicted molar refractivity (Wildman–Crippen MR) is 160 cm³/mol. The molecule has 3 aromatic carbocycles. The normalized spacial score (nSPS) is 13.2. The Morgan fingerprint density at radius 3 is 2.40 bits per heavy atom. The fourth-order valence-corrected chi connectivity index (χ4v) is 6.01. The van der Waals surface area contributed by atoms with Gasteiger partial charge in [0.05, 0.1) is 18.8 Å². The van der Waals surface area contributed by atoms with Crippen molar-refractivity contribution in [2.24, 2.45) is 4.99 Å². The lowest BCUT2D eigenvalue weighted by Crippen LogP contribution is -2.29. The molecule has 2 heterocycles. The number of rotatable bonds is 11. The highest BCUT2D eigenvalue weighted by Crippen LogP contribution is 2.40. The molecule has 1 aliphatic heterocycles. The van der Waals surface area contributed by atoms with Crippen molar-refractivity contribution >= 4 is 28.5 Å². The zero-order valence-electron chi connectivity index (χ0n) is 23.0. The Kier molecular flexibility index (Phi) is 9.26. The molecule has 0 radical (unpaired) electrons. The first-order valence-corrected chi connectivity index (χ1v) is 14.5. The summed E-state index contributed by atoms with van der Waals surface area (Å²) in [7, 11) is 0. The van der Waals surface area contributed by atoms with Gasteiger partial charge in [-0.25, -0.2) is 9.79 Å². The molecule has 1 aromatic heterocycles.